The number of carbonyl (C=O) groups excluding carboxylic acids is 1. The molecule has 0 spiro atoms. The minimum Gasteiger partial charge on any atom is -0.265 e. The molecule has 2 heterocycles. The van der Waals surface area contributed by atoms with Crippen molar-refractivity contribution in [1.82, 2.24) is 9.78 Å². The summed E-state index contributed by atoms with van der Waals surface area (Å²) >= 11 is 0. The Bertz CT molecular complexity index is 1160. The second-order valence-electron chi connectivity index (χ2n) is 6.38. The zero-order valence-electron chi connectivity index (χ0n) is 14.9. The smallest absolute Gasteiger partial charge is 0.265 e. The van der Waals surface area contributed by atoms with Crippen LogP contribution in [0, 0.1) is 11.6 Å². The lowest BCUT2D eigenvalue weighted by Gasteiger charge is -2.08. The van der Waals surface area contributed by atoms with Crippen molar-refractivity contribution >= 4 is 17.4 Å². The Morgan fingerprint density at radius 3 is 2.31 bits per heavy atom. The van der Waals surface area contributed by atoms with Gasteiger partial charge in [-0.2, -0.15) is 23.0 Å². The fourth-order valence-corrected chi connectivity index (χ4v) is 3.18. The first-order valence-electron chi connectivity index (χ1n) is 8.59. The van der Waals surface area contributed by atoms with Crippen molar-refractivity contribution in [3.8, 4) is 11.1 Å². The maximum Gasteiger partial charge on any atom is 0.416 e. The third-order valence-electron chi connectivity index (χ3n) is 4.57. The molecule has 9 heteroatoms. The number of hydrogen-bond donors (Lipinski definition) is 0. The molecule has 0 unspecified atom stereocenters. The van der Waals surface area contributed by atoms with Crippen LogP contribution in [-0.4, -0.2) is 21.4 Å². The Hall–Kier alpha value is -3.36. The molecule has 3 aromatic rings. The highest BCUT2D eigenvalue weighted by Crippen LogP contribution is 2.39. The molecule has 1 aliphatic heterocycles. The van der Waals surface area contributed by atoms with Gasteiger partial charge in [0.15, 0.2) is 5.82 Å². The Morgan fingerprint density at radius 2 is 1.72 bits per heavy atom. The molecule has 29 heavy (non-hydrogen) atoms. The molecule has 4 nitrogen and oxygen atoms in total. The lowest BCUT2D eigenvalue weighted by atomic mass is 10.0. The zero-order valence-corrected chi connectivity index (χ0v) is 14.9. The summed E-state index contributed by atoms with van der Waals surface area (Å²) in [5, 5.41) is 4.19. The Balaban J connectivity index is 1.84. The second kappa shape index (κ2) is 6.61. The van der Waals surface area contributed by atoms with Gasteiger partial charge in [-0.15, -0.1) is 0 Å². The average Bonchev–Trinajstić information content (AvgIpc) is 3.18. The van der Waals surface area contributed by atoms with Crippen LogP contribution in [0.25, 0.3) is 11.1 Å². The van der Waals surface area contributed by atoms with Crippen LogP contribution in [0.3, 0.4) is 0 Å². The van der Waals surface area contributed by atoms with Crippen molar-refractivity contribution in [1.29, 1.82) is 0 Å². The fourth-order valence-electron chi connectivity index (χ4n) is 3.18. The monoisotopic (exact) mass is 405 g/mol. The van der Waals surface area contributed by atoms with Crippen LogP contribution in [0.2, 0.25) is 0 Å². The zero-order chi connectivity index (χ0) is 20.9. The fraction of sp³-hybridized carbons (Fsp3) is 0.150. The number of aryl methyl sites for hydroxylation is 1. The first-order valence-corrected chi connectivity index (χ1v) is 8.59. The minimum atomic E-state index is -4.48. The summed E-state index contributed by atoms with van der Waals surface area (Å²) in [4.78, 5) is 16.9. The molecule has 0 atom stereocenters. The highest BCUT2D eigenvalue weighted by Gasteiger charge is 2.34. The van der Waals surface area contributed by atoms with Gasteiger partial charge in [0.25, 0.3) is 5.91 Å². The molecule has 0 saturated carbocycles. The number of aromatic nitrogens is 2. The summed E-state index contributed by atoms with van der Waals surface area (Å²) in [6, 6.07) is 7.16. The van der Waals surface area contributed by atoms with Gasteiger partial charge in [0.05, 0.1) is 11.3 Å². The van der Waals surface area contributed by atoms with E-state index in [2.05, 4.69) is 10.1 Å². The summed E-state index contributed by atoms with van der Waals surface area (Å²) in [5.74, 6) is -2.34. The molecule has 0 bridgehead atoms. The topological polar surface area (TPSA) is 47.2 Å². The van der Waals surface area contributed by atoms with E-state index in [1.165, 1.54) is 12.1 Å². The average molecular weight is 405 g/mol. The van der Waals surface area contributed by atoms with Gasteiger partial charge in [-0.25, -0.2) is 13.8 Å². The first kappa shape index (κ1) is 19.0. The Labute approximate surface area is 161 Å². The number of carbonyl (C=O) groups is 1. The van der Waals surface area contributed by atoms with E-state index in [0.29, 0.717) is 29.3 Å². The molecule has 0 radical (unpaired) electrons. The van der Waals surface area contributed by atoms with E-state index in [1.807, 2.05) is 0 Å². The van der Waals surface area contributed by atoms with Crippen LogP contribution in [0.4, 0.5) is 27.8 Å². The van der Waals surface area contributed by atoms with Gasteiger partial charge in [-0.05, 0) is 36.2 Å². The van der Waals surface area contributed by atoms with Gasteiger partial charge in [-0.3, -0.25) is 4.79 Å². The van der Waals surface area contributed by atoms with Crippen molar-refractivity contribution in [2.75, 3.05) is 0 Å². The van der Waals surface area contributed by atoms with Crippen LogP contribution in [-0.2, 0) is 12.6 Å². The molecule has 0 N–H and O–H groups in total. The predicted octanol–water partition coefficient (Wildman–Crippen LogP) is 5.18. The quantitative estimate of drug-likeness (QED) is 0.564. The number of aliphatic imine (C=N–C) groups is 1. The van der Waals surface area contributed by atoms with Crippen LogP contribution in [0.1, 0.15) is 28.5 Å². The predicted molar refractivity (Wildman–Crippen MR) is 95.2 cm³/mol. The van der Waals surface area contributed by atoms with Crippen LogP contribution >= 0.6 is 0 Å². The SMILES string of the molecule is CCc1nn2c(c1-c1ccc(C(F)(F)F)cc1)N=C(c1ccc(F)cc1F)C2=O. The number of nitrogens with zero attached hydrogens (tertiary/aromatic N) is 3. The summed E-state index contributed by atoms with van der Waals surface area (Å²) in [6.45, 7) is 1.78. The number of halogens is 5. The molecule has 4 rings (SSSR count). The second-order valence-corrected chi connectivity index (χ2v) is 6.38. The van der Waals surface area contributed by atoms with E-state index >= 15 is 0 Å². The summed E-state index contributed by atoms with van der Waals surface area (Å²) in [7, 11) is 0. The molecular formula is C20H12F5N3O. The number of alkyl halides is 3. The summed E-state index contributed by atoms with van der Waals surface area (Å²) in [6.07, 6.45) is -4.08. The van der Waals surface area contributed by atoms with E-state index in [-0.39, 0.29) is 17.1 Å². The van der Waals surface area contributed by atoms with E-state index < -0.39 is 29.3 Å². The minimum absolute atomic E-state index is 0.102. The lowest BCUT2D eigenvalue weighted by molar-refractivity contribution is -0.137. The molecule has 2 aromatic carbocycles. The standard InChI is InChI=1S/C20H12F5N3O/c1-2-15-16(10-3-5-11(6-4-10)20(23,24)25)18-26-17(19(29)28(18)27-15)13-8-7-12(21)9-14(13)22/h3-9H,2H2,1H3. The van der Waals surface area contributed by atoms with Gasteiger partial charge in [-0.1, -0.05) is 19.1 Å². The van der Waals surface area contributed by atoms with Crippen molar-refractivity contribution in [3.63, 3.8) is 0 Å². The van der Waals surface area contributed by atoms with Crippen molar-refractivity contribution in [3.05, 3.63) is 70.9 Å². The van der Waals surface area contributed by atoms with E-state index in [9.17, 15) is 26.7 Å². The van der Waals surface area contributed by atoms with Crippen molar-refractivity contribution < 1.29 is 26.7 Å². The Morgan fingerprint density at radius 1 is 1.03 bits per heavy atom. The van der Waals surface area contributed by atoms with E-state index in [0.717, 1.165) is 28.9 Å². The molecule has 0 fully saturated rings. The molecule has 0 aliphatic carbocycles. The number of benzene rings is 2. The summed E-state index contributed by atoms with van der Waals surface area (Å²) < 4.78 is 66.8. The first-order chi connectivity index (χ1) is 13.7. The van der Waals surface area contributed by atoms with Gasteiger partial charge in [0.1, 0.15) is 17.3 Å². The molecule has 1 aromatic heterocycles. The molecular weight excluding hydrogens is 393 g/mol. The molecule has 1 aliphatic rings. The summed E-state index contributed by atoms with van der Waals surface area (Å²) in [5.41, 5.74) is 0.0203. The van der Waals surface area contributed by atoms with Gasteiger partial charge in [0.2, 0.25) is 0 Å². The van der Waals surface area contributed by atoms with Crippen molar-refractivity contribution in [2.24, 2.45) is 4.99 Å². The highest BCUT2D eigenvalue weighted by atomic mass is 19.4. The molecule has 148 valence electrons. The lowest BCUT2D eigenvalue weighted by Crippen LogP contribution is -2.20. The van der Waals surface area contributed by atoms with E-state index in [4.69, 9.17) is 0 Å². The third kappa shape index (κ3) is 3.12. The highest BCUT2D eigenvalue weighted by molar-refractivity contribution is 6.48. The molecule has 0 saturated heterocycles. The molecule has 0 amide bonds. The number of hydrogen-bond acceptors (Lipinski definition) is 3. The largest absolute Gasteiger partial charge is 0.416 e. The normalized spacial score (nSPS) is 13.6. The van der Waals surface area contributed by atoms with Crippen LogP contribution in [0.15, 0.2) is 47.5 Å². The van der Waals surface area contributed by atoms with Gasteiger partial charge < -0.3 is 0 Å². The van der Waals surface area contributed by atoms with Gasteiger partial charge in [0, 0.05) is 17.2 Å². The number of fused-ring (bicyclic) bond motifs is 1. The Kier molecular flexibility index (Phi) is 4.33. The maximum absolute atomic E-state index is 14.1. The van der Waals surface area contributed by atoms with Gasteiger partial charge >= 0.3 is 6.18 Å². The van der Waals surface area contributed by atoms with Crippen molar-refractivity contribution in [2.45, 2.75) is 19.5 Å². The maximum atomic E-state index is 14.1. The van der Waals surface area contributed by atoms with E-state index in [1.54, 1.807) is 6.92 Å². The van der Waals surface area contributed by atoms with Crippen LogP contribution in [0.5, 0.6) is 0 Å². The number of rotatable bonds is 3. The van der Waals surface area contributed by atoms with Crippen LogP contribution < -0.4 is 0 Å². The third-order valence-corrected chi connectivity index (χ3v) is 4.57.